The van der Waals surface area contributed by atoms with Gasteiger partial charge in [-0.2, -0.15) is 0 Å². The minimum atomic E-state index is -0.726. The van der Waals surface area contributed by atoms with Gasteiger partial charge >= 0.3 is 0 Å². The van der Waals surface area contributed by atoms with E-state index in [1.54, 1.807) is 0 Å². The Bertz CT molecular complexity index is 981. The van der Waals surface area contributed by atoms with E-state index in [1.165, 1.54) is 5.56 Å². The first-order valence-corrected chi connectivity index (χ1v) is 9.65. The van der Waals surface area contributed by atoms with Crippen LogP contribution in [-0.2, 0) is 20.7 Å². The zero-order valence-electron chi connectivity index (χ0n) is 15.3. The van der Waals surface area contributed by atoms with Crippen molar-refractivity contribution in [3.63, 3.8) is 0 Å². The van der Waals surface area contributed by atoms with Gasteiger partial charge in [0, 0.05) is 5.92 Å². The van der Waals surface area contributed by atoms with Crippen molar-refractivity contribution in [3.05, 3.63) is 107 Å². The van der Waals surface area contributed by atoms with Gasteiger partial charge in [0.05, 0.1) is 5.92 Å². The number of carbonyl (C=O) groups is 1. The first-order chi connectivity index (χ1) is 13.3. The summed E-state index contributed by atoms with van der Waals surface area (Å²) >= 11 is 0. The van der Waals surface area contributed by atoms with Crippen LogP contribution in [-0.4, -0.2) is 6.29 Å². The second-order valence-corrected chi connectivity index (χ2v) is 7.53. The van der Waals surface area contributed by atoms with Crippen molar-refractivity contribution in [1.82, 2.24) is 0 Å². The summed E-state index contributed by atoms with van der Waals surface area (Å²) < 4.78 is 7.07. The topological polar surface area (TPSA) is 26.3 Å². The van der Waals surface area contributed by atoms with Crippen LogP contribution in [0.3, 0.4) is 0 Å². The molecule has 0 N–H and O–H groups in total. The summed E-state index contributed by atoms with van der Waals surface area (Å²) in [5.41, 5.74) is 3.20. The number of benzene rings is 3. The molecule has 0 aliphatic carbocycles. The fraction of sp³-hybridized carbons (Fsp3) is 0.240. The molecule has 2 unspecified atom stereocenters. The molecular weight excluding hydrogens is 332 g/mol. The molecule has 0 radical (unpaired) electrons. The molecule has 3 aromatic carbocycles. The largest absolute Gasteiger partial charge is 0.349 e. The van der Waals surface area contributed by atoms with Crippen LogP contribution in [0.15, 0.2) is 84.9 Å². The highest BCUT2D eigenvalue weighted by Crippen LogP contribution is 2.68. The van der Waals surface area contributed by atoms with Gasteiger partial charge in [-0.3, -0.25) is 0 Å². The summed E-state index contributed by atoms with van der Waals surface area (Å²) in [5, 5.41) is 0. The van der Waals surface area contributed by atoms with Gasteiger partial charge in [-0.15, -0.1) is 0 Å². The number of hydrogen-bond donors (Lipinski definition) is 0. The molecule has 0 aromatic heterocycles. The van der Waals surface area contributed by atoms with E-state index < -0.39 is 11.2 Å². The molecule has 0 amide bonds. The molecule has 3 aromatic rings. The van der Waals surface area contributed by atoms with Gasteiger partial charge in [-0.05, 0) is 28.7 Å². The molecule has 2 aliphatic heterocycles. The summed E-state index contributed by atoms with van der Waals surface area (Å²) in [4.78, 5) is 12.4. The van der Waals surface area contributed by atoms with Crippen molar-refractivity contribution >= 4 is 6.29 Å². The second kappa shape index (κ2) is 5.90. The summed E-state index contributed by atoms with van der Waals surface area (Å²) in [6.45, 7) is 2.16. The Morgan fingerprint density at radius 2 is 1.26 bits per heavy atom. The van der Waals surface area contributed by atoms with E-state index in [9.17, 15) is 4.79 Å². The maximum absolute atomic E-state index is 12.4. The third kappa shape index (κ3) is 1.91. The molecule has 134 valence electrons. The Labute approximate surface area is 159 Å². The number of hydrogen-bond acceptors (Lipinski definition) is 2. The molecule has 5 rings (SSSR count). The van der Waals surface area contributed by atoms with Crippen molar-refractivity contribution < 1.29 is 9.53 Å². The SMILES string of the molecule is CCC1[C@@H](C=O)[C@@]2(c3ccccc3)OC1(c1ccccc1)c1ccccc12. The second-order valence-electron chi connectivity index (χ2n) is 7.53. The zero-order valence-corrected chi connectivity index (χ0v) is 15.3. The quantitative estimate of drug-likeness (QED) is 0.612. The molecule has 2 heteroatoms. The lowest BCUT2D eigenvalue weighted by molar-refractivity contribution is -0.116. The van der Waals surface area contributed by atoms with Crippen molar-refractivity contribution in [2.24, 2.45) is 11.8 Å². The Morgan fingerprint density at radius 3 is 1.78 bits per heavy atom. The number of rotatable bonds is 4. The summed E-state index contributed by atoms with van der Waals surface area (Å²) in [5.74, 6) is -0.132. The van der Waals surface area contributed by atoms with Gasteiger partial charge in [-0.1, -0.05) is 91.9 Å². The lowest BCUT2D eigenvalue weighted by Crippen LogP contribution is -2.41. The minimum absolute atomic E-state index is 0.0903. The number of aldehydes is 1. The summed E-state index contributed by atoms with van der Waals surface area (Å²) in [6, 6.07) is 29.1. The van der Waals surface area contributed by atoms with Crippen LogP contribution in [0.5, 0.6) is 0 Å². The Kier molecular flexibility index (Phi) is 3.60. The molecular formula is C25H22O2. The molecule has 1 fully saturated rings. The first kappa shape index (κ1) is 16.5. The van der Waals surface area contributed by atoms with Gasteiger partial charge in [-0.25, -0.2) is 0 Å². The molecule has 2 nitrogen and oxygen atoms in total. The fourth-order valence-electron chi connectivity index (χ4n) is 5.49. The lowest BCUT2D eigenvalue weighted by Gasteiger charge is -2.38. The number of ether oxygens (including phenoxy) is 1. The van der Waals surface area contributed by atoms with E-state index in [4.69, 9.17) is 4.74 Å². The maximum atomic E-state index is 12.4. The summed E-state index contributed by atoms with van der Waals surface area (Å²) in [6.07, 6.45) is 2.00. The Morgan fingerprint density at radius 1 is 0.778 bits per heavy atom. The van der Waals surface area contributed by atoms with Crippen LogP contribution >= 0.6 is 0 Å². The van der Waals surface area contributed by atoms with E-state index >= 15 is 0 Å². The van der Waals surface area contributed by atoms with Gasteiger partial charge in [0.2, 0.25) is 0 Å². The highest BCUT2D eigenvalue weighted by Gasteiger charge is 2.70. The average molecular weight is 354 g/mol. The van der Waals surface area contributed by atoms with Crippen LogP contribution in [0.2, 0.25) is 0 Å². The van der Waals surface area contributed by atoms with Crippen molar-refractivity contribution in [1.29, 1.82) is 0 Å². The van der Waals surface area contributed by atoms with E-state index in [0.29, 0.717) is 0 Å². The highest BCUT2D eigenvalue weighted by molar-refractivity contribution is 5.68. The third-order valence-electron chi connectivity index (χ3n) is 6.47. The molecule has 0 saturated carbocycles. The average Bonchev–Trinajstić information content (AvgIpc) is 3.23. The predicted octanol–water partition coefficient (Wildman–Crippen LogP) is 5.06. The normalized spacial score (nSPS) is 30.9. The summed E-state index contributed by atoms with van der Waals surface area (Å²) in [7, 11) is 0. The van der Waals surface area contributed by atoms with Crippen LogP contribution in [0.1, 0.15) is 35.6 Å². The Hall–Kier alpha value is -2.71. The minimum Gasteiger partial charge on any atom is -0.349 e. The zero-order chi connectivity index (χ0) is 18.5. The third-order valence-corrected chi connectivity index (χ3v) is 6.47. The van der Waals surface area contributed by atoms with Gasteiger partial charge < -0.3 is 9.53 Å². The maximum Gasteiger partial charge on any atom is 0.130 e. The van der Waals surface area contributed by atoms with Gasteiger partial charge in [0.1, 0.15) is 17.5 Å². The van der Waals surface area contributed by atoms with Crippen molar-refractivity contribution in [3.8, 4) is 0 Å². The fourth-order valence-corrected chi connectivity index (χ4v) is 5.49. The molecule has 27 heavy (non-hydrogen) atoms. The molecule has 2 heterocycles. The lowest BCUT2D eigenvalue weighted by atomic mass is 9.60. The first-order valence-electron chi connectivity index (χ1n) is 9.65. The van der Waals surface area contributed by atoms with Crippen LogP contribution in [0, 0.1) is 11.8 Å². The van der Waals surface area contributed by atoms with E-state index in [0.717, 1.165) is 29.4 Å². The van der Waals surface area contributed by atoms with Gasteiger partial charge in [0.25, 0.3) is 0 Å². The van der Waals surface area contributed by atoms with E-state index in [2.05, 4.69) is 67.6 Å². The van der Waals surface area contributed by atoms with Crippen LogP contribution in [0.4, 0.5) is 0 Å². The smallest absolute Gasteiger partial charge is 0.130 e. The molecule has 1 saturated heterocycles. The molecule has 4 atom stereocenters. The van der Waals surface area contributed by atoms with Crippen molar-refractivity contribution in [2.75, 3.05) is 0 Å². The molecule has 2 aliphatic rings. The molecule has 0 spiro atoms. The van der Waals surface area contributed by atoms with Crippen molar-refractivity contribution in [2.45, 2.75) is 24.5 Å². The monoisotopic (exact) mass is 354 g/mol. The van der Waals surface area contributed by atoms with E-state index in [-0.39, 0.29) is 11.8 Å². The number of carbonyl (C=O) groups excluding carboxylic acids is 1. The number of fused-ring (bicyclic) bond motifs is 5. The highest BCUT2D eigenvalue weighted by atomic mass is 16.5. The van der Waals surface area contributed by atoms with Gasteiger partial charge in [0.15, 0.2) is 0 Å². The van der Waals surface area contributed by atoms with E-state index in [1.807, 2.05) is 24.3 Å². The van der Waals surface area contributed by atoms with Crippen LogP contribution in [0.25, 0.3) is 0 Å². The van der Waals surface area contributed by atoms with Crippen LogP contribution < -0.4 is 0 Å². The molecule has 2 bridgehead atoms. The standard InChI is InChI=1S/C25H22O2/c1-2-20-23(17-26)25(19-13-7-4-8-14-19)22-16-10-9-15-21(22)24(20,27-25)18-11-5-3-6-12-18/h3-17,20,23H,2H2,1H3/t20?,23-,24?,25+/m1/s1. The Balaban J connectivity index is 1.88. The predicted molar refractivity (Wildman–Crippen MR) is 105 cm³/mol.